The largest absolute Gasteiger partial charge is 0.489 e. The molecule has 132 valence electrons. The Morgan fingerprint density at radius 2 is 1.77 bits per heavy atom. The van der Waals surface area contributed by atoms with Gasteiger partial charge in [-0.2, -0.15) is 0 Å². The lowest BCUT2D eigenvalue weighted by atomic mass is 10.2. The number of pyridine rings is 1. The van der Waals surface area contributed by atoms with Gasteiger partial charge < -0.3 is 9.84 Å². The highest BCUT2D eigenvalue weighted by molar-refractivity contribution is 5.52. The maximum Gasteiger partial charge on any atom is 0.258 e. The first-order valence-electron chi connectivity index (χ1n) is 8.13. The van der Waals surface area contributed by atoms with Crippen molar-refractivity contribution < 1.29 is 14.2 Å². The van der Waals surface area contributed by atoms with Crippen molar-refractivity contribution in [3.05, 3.63) is 100 Å². The Labute approximate surface area is 150 Å². The number of aliphatic hydroxyl groups is 1. The first-order chi connectivity index (χ1) is 12.7. The summed E-state index contributed by atoms with van der Waals surface area (Å²) in [5.41, 5.74) is 2.29. The fraction of sp³-hybridized carbons (Fsp3) is 0.0952. The van der Waals surface area contributed by atoms with Crippen LogP contribution < -0.4 is 10.3 Å². The van der Waals surface area contributed by atoms with Crippen LogP contribution in [0.1, 0.15) is 11.1 Å². The molecule has 0 spiro atoms. The Morgan fingerprint density at radius 1 is 1.04 bits per heavy atom. The van der Waals surface area contributed by atoms with Gasteiger partial charge in [0, 0.05) is 18.0 Å². The average molecular weight is 351 g/mol. The van der Waals surface area contributed by atoms with Crippen LogP contribution in [0.2, 0.25) is 0 Å². The van der Waals surface area contributed by atoms with E-state index in [2.05, 4.69) is 0 Å². The quantitative estimate of drug-likeness (QED) is 0.739. The van der Waals surface area contributed by atoms with Gasteiger partial charge in [-0.25, -0.2) is 4.39 Å². The monoisotopic (exact) mass is 351 g/mol. The predicted molar refractivity (Wildman–Crippen MR) is 98.9 cm³/mol. The molecule has 1 aromatic heterocycles. The second kappa shape index (κ2) is 8.27. The van der Waals surface area contributed by atoms with E-state index in [1.165, 1.54) is 22.8 Å². The highest BCUT2D eigenvalue weighted by Crippen LogP contribution is 2.14. The minimum Gasteiger partial charge on any atom is -0.489 e. The summed E-state index contributed by atoms with van der Waals surface area (Å²) in [5.74, 6) is 0.160. The highest BCUT2D eigenvalue weighted by Gasteiger charge is 2.03. The van der Waals surface area contributed by atoms with Gasteiger partial charge in [0.2, 0.25) is 0 Å². The average Bonchev–Trinajstić information content (AvgIpc) is 2.66. The summed E-state index contributed by atoms with van der Waals surface area (Å²) >= 11 is 0. The van der Waals surface area contributed by atoms with Crippen LogP contribution in [0.25, 0.3) is 11.8 Å². The van der Waals surface area contributed by atoms with E-state index < -0.39 is 0 Å². The molecule has 0 aliphatic carbocycles. The molecule has 26 heavy (non-hydrogen) atoms. The molecule has 3 aromatic rings. The molecule has 4 nitrogen and oxygen atoms in total. The molecule has 0 aliphatic rings. The van der Waals surface area contributed by atoms with E-state index in [1.807, 2.05) is 24.3 Å². The van der Waals surface area contributed by atoms with Crippen LogP contribution in [-0.2, 0) is 6.61 Å². The Kier molecular flexibility index (Phi) is 5.61. The number of halogens is 1. The first kappa shape index (κ1) is 17.6. The summed E-state index contributed by atoms with van der Waals surface area (Å²) in [6.07, 6.45) is 5.11. The Bertz CT molecular complexity index is 944. The molecule has 0 fully saturated rings. The lowest BCUT2D eigenvalue weighted by Crippen LogP contribution is -2.16. The summed E-state index contributed by atoms with van der Waals surface area (Å²) in [4.78, 5) is 12.3. The third kappa shape index (κ3) is 4.46. The number of aliphatic hydroxyl groups excluding tert-OH is 1. The van der Waals surface area contributed by atoms with Crippen molar-refractivity contribution in [2.75, 3.05) is 6.61 Å². The van der Waals surface area contributed by atoms with Gasteiger partial charge >= 0.3 is 0 Å². The molecular formula is C21H18FNO3. The molecule has 0 saturated heterocycles. The van der Waals surface area contributed by atoms with Gasteiger partial charge in [-0.1, -0.05) is 36.4 Å². The molecule has 1 N–H and O–H groups in total. The molecular weight excluding hydrogens is 333 g/mol. The number of ether oxygens (including phenoxy) is 1. The molecule has 0 bridgehead atoms. The zero-order valence-electron chi connectivity index (χ0n) is 14.0. The minimum atomic E-state index is -0.297. The Hall–Kier alpha value is -3.18. The Balaban J connectivity index is 1.71. The number of hydrogen-bond donors (Lipinski definition) is 1. The normalized spacial score (nSPS) is 11.0. The predicted octanol–water partition coefficient (Wildman–Crippen LogP) is 3.56. The number of nitrogens with zero attached hydrogens (tertiary/aromatic N) is 1. The molecule has 3 rings (SSSR count). The summed E-state index contributed by atoms with van der Waals surface area (Å²) < 4.78 is 20.0. The second-order valence-corrected chi connectivity index (χ2v) is 5.66. The molecule has 0 atom stereocenters. The summed E-state index contributed by atoms with van der Waals surface area (Å²) in [6.45, 7) is 0.246. The molecule has 0 radical (unpaired) electrons. The third-order valence-corrected chi connectivity index (χ3v) is 3.80. The van der Waals surface area contributed by atoms with Gasteiger partial charge in [0.05, 0.1) is 6.61 Å². The maximum absolute atomic E-state index is 12.9. The van der Waals surface area contributed by atoms with Crippen molar-refractivity contribution >= 4 is 6.08 Å². The van der Waals surface area contributed by atoms with Gasteiger partial charge in [-0.15, -0.1) is 0 Å². The van der Waals surface area contributed by atoms with Crippen molar-refractivity contribution in [2.45, 2.75) is 6.61 Å². The topological polar surface area (TPSA) is 51.5 Å². The molecule has 5 heteroatoms. The van der Waals surface area contributed by atoms with Crippen LogP contribution in [-0.4, -0.2) is 16.3 Å². The highest BCUT2D eigenvalue weighted by atomic mass is 19.1. The molecule has 2 aromatic carbocycles. The van der Waals surface area contributed by atoms with Gasteiger partial charge in [-0.05, 0) is 41.5 Å². The van der Waals surface area contributed by atoms with E-state index >= 15 is 0 Å². The third-order valence-electron chi connectivity index (χ3n) is 3.80. The van der Waals surface area contributed by atoms with E-state index in [1.54, 1.807) is 36.5 Å². The van der Waals surface area contributed by atoms with Gasteiger partial charge in [-0.3, -0.25) is 9.36 Å². The van der Waals surface area contributed by atoms with Crippen molar-refractivity contribution in [2.24, 2.45) is 0 Å². The van der Waals surface area contributed by atoms with Crippen LogP contribution in [0.4, 0.5) is 4.39 Å². The van der Waals surface area contributed by atoms with Crippen molar-refractivity contribution in [1.29, 1.82) is 0 Å². The molecule has 0 amide bonds. The summed E-state index contributed by atoms with van der Waals surface area (Å²) in [6, 6.07) is 16.6. The van der Waals surface area contributed by atoms with Gasteiger partial charge in [0.25, 0.3) is 5.56 Å². The molecule has 0 saturated carbocycles. The minimum absolute atomic E-state index is 0.0133. The van der Waals surface area contributed by atoms with E-state index in [9.17, 15) is 9.18 Å². The molecule has 0 aliphatic heterocycles. The van der Waals surface area contributed by atoms with Crippen molar-refractivity contribution in [3.8, 4) is 11.4 Å². The van der Waals surface area contributed by atoms with E-state index in [-0.39, 0.29) is 24.6 Å². The molecule has 0 unspecified atom stereocenters. The fourth-order valence-electron chi connectivity index (χ4n) is 2.45. The molecule has 1 heterocycles. The second-order valence-electron chi connectivity index (χ2n) is 5.66. The standard InChI is InChI=1S/C21H18FNO3/c22-18-7-3-17(4-8-18)15-26-20-11-12-23(21(25)14-20)19-9-5-16(6-10-19)2-1-13-24/h1-12,14,24H,13,15H2/b2-1+. The van der Waals surface area contributed by atoms with E-state index in [0.29, 0.717) is 5.75 Å². The summed E-state index contributed by atoms with van der Waals surface area (Å²) in [5, 5.41) is 8.79. The van der Waals surface area contributed by atoms with Crippen LogP contribution in [0.15, 0.2) is 77.7 Å². The maximum atomic E-state index is 12.9. The van der Waals surface area contributed by atoms with Gasteiger partial charge in [0.15, 0.2) is 0 Å². The van der Waals surface area contributed by atoms with E-state index in [4.69, 9.17) is 9.84 Å². The number of benzene rings is 2. The number of hydrogen-bond acceptors (Lipinski definition) is 3. The lowest BCUT2D eigenvalue weighted by molar-refractivity contribution is 0.305. The van der Waals surface area contributed by atoms with Crippen LogP contribution in [0.3, 0.4) is 0 Å². The first-order valence-corrected chi connectivity index (χ1v) is 8.13. The van der Waals surface area contributed by atoms with Crippen LogP contribution in [0.5, 0.6) is 5.75 Å². The number of aromatic nitrogens is 1. The zero-order chi connectivity index (χ0) is 18.4. The SMILES string of the molecule is O=c1cc(OCc2ccc(F)cc2)ccn1-c1ccc(/C=C/CO)cc1. The smallest absolute Gasteiger partial charge is 0.258 e. The fourth-order valence-corrected chi connectivity index (χ4v) is 2.45. The Morgan fingerprint density at radius 3 is 2.42 bits per heavy atom. The van der Waals surface area contributed by atoms with Crippen molar-refractivity contribution in [1.82, 2.24) is 4.57 Å². The van der Waals surface area contributed by atoms with Crippen molar-refractivity contribution in [3.63, 3.8) is 0 Å². The van der Waals surface area contributed by atoms with Crippen LogP contribution in [0, 0.1) is 5.82 Å². The van der Waals surface area contributed by atoms with E-state index in [0.717, 1.165) is 16.8 Å². The lowest BCUT2D eigenvalue weighted by Gasteiger charge is -2.09. The van der Waals surface area contributed by atoms with Gasteiger partial charge in [0.1, 0.15) is 18.2 Å². The zero-order valence-corrected chi connectivity index (χ0v) is 14.0. The number of rotatable bonds is 6. The van der Waals surface area contributed by atoms with Crippen LogP contribution >= 0.6 is 0 Å². The summed E-state index contributed by atoms with van der Waals surface area (Å²) in [7, 11) is 0.